The normalized spacial score (nSPS) is 9.56. The Hall–Kier alpha value is 0.760. The molecule has 2 nitrogen and oxygen atoms in total. The topological polar surface area (TPSA) is 28.7 Å². The summed E-state index contributed by atoms with van der Waals surface area (Å²) in [6.45, 7) is 0. The number of halogens is 2. The maximum atomic E-state index is 4.81. The molecule has 0 unspecified atom stereocenters. The monoisotopic (exact) mass is 364 g/mol. The Bertz CT molecular complexity index is 246. The van der Waals surface area contributed by atoms with Crippen molar-refractivity contribution in [3.63, 3.8) is 0 Å². The summed E-state index contributed by atoms with van der Waals surface area (Å²) in [5.74, 6) is 0. The van der Waals surface area contributed by atoms with E-state index in [2.05, 4.69) is 55.1 Å². The predicted octanol–water partition coefficient (Wildman–Crippen LogP) is 2.35. The summed E-state index contributed by atoms with van der Waals surface area (Å²) in [6.07, 6.45) is 0. The third-order valence-electron chi connectivity index (χ3n) is 0.681. The van der Waals surface area contributed by atoms with Gasteiger partial charge in [-0.15, -0.1) is 0 Å². The van der Waals surface area contributed by atoms with Crippen LogP contribution in [0.5, 0.6) is 0 Å². The maximum absolute atomic E-state index is 4.81. The summed E-state index contributed by atoms with van der Waals surface area (Å²) in [5.41, 5.74) is 0. The molecule has 0 bridgehead atoms. The van der Waals surface area contributed by atoms with Crippen molar-refractivity contribution in [3.8, 4) is 0 Å². The van der Waals surface area contributed by atoms with E-state index in [-0.39, 0.29) is 0 Å². The van der Waals surface area contributed by atoms with Crippen molar-refractivity contribution in [2.75, 3.05) is 0 Å². The number of H-pyrrole nitrogens is 1. The fourth-order valence-corrected chi connectivity index (χ4v) is 2.65. The van der Waals surface area contributed by atoms with E-state index >= 15 is 0 Å². The van der Waals surface area contributed by atoms with Crippen LogP contribution in [-0.2, 0) is 0 Å². The third-order valence-corrected chi connectivity index (χ3v) is 2.01. The molecule has 0 aromatic carbocycles. The second-order valence-electron chi connectivity index (χ2n) is 1.36. The second kappa shape index (κ2) is 3.24. The zero-order valence-corrected chi connectivity index (χ0v) is 9.32. The van der Waals surface area contributed by atoms with Crippen LogP contribution in [0.3, 0.4) is 0 Å². The van der Waals surface area contributed by atoms with Gasteiger partial charge in [0.1, 0.15) is 3.70 Å². The molecule has 0 spiro atoms. The van der Waals surface area contributed by atoms with Crippen molar-refractivity contribution in [1.82, 2.24) is 9.97 Å². The molecule has 0 amide bonds. The highest BCUT2D eigenvalue weighted by Crippen LogP contribution is 2.03. The fraction of sp³-hybridized carbons (Fsp3) is 0. The molecule has 0 atom stereocenters. The van der Waals surface area contributed by atoms with Crippen LogP contribution in [0.2, 0.25) is 0 Å². The average Bonchev–Trinajstić information content (AvgIpc) is 1.59. The second-order valence-corrected chi connectivity index (χ2v) is 4.01. The van der Waals surface area contributed by atoms with E-state index < -0.39 is 0 Å². The van der Waals surface area contributed by atoms with Crippen LogP contribution in [0.25, 0.3) is 0 Å². The van der Waals surface area contributed by atoms with E-state index in [9.17, 15) is 0 Å². The van der Waals surface area contributed by atoms with Crippen molar-refractivity contribution in [2.24, 2.45) is 0 Å². The first kappa shape index (κ1) is 7.86. The first-order chi connectivity index (χ1) is 4.18. The highest BCUT2D eigenvalue weighted by Gasteiger charge is 1.89. The molecule has 1 N–H and O–H groups in total. The molecule has 9 heavy (non-hydrogen) atoms. The Balaban J connectivity index is 3.33. The number of nitrogens with zero attached hydrogens (tertiary/aromatic N) is 1. The minimum absolute atomic E-state index is 0.548. The summed E-state index contributed by atoms with van der Waals surface area (Å²) >= 11 is 9.10. The number of rotatable bonds is 0. The van der Waals surface area contributed by atoms with E-state index in [1.165, 1.54) is 0 Å². The zero-order valence-electron chi connectivity index (χ0n) is 4.19. The van der Waals surface area contributed by atoms with Gasteiger partial charge in [-0.3, -0.25) is 0 Å². The van der Waals surface area contributed by atoms with Crippen LogP contribution in [0.1, 0.15) is 0 Å². The van der Waals surface area contributed by atoms with Gasteiger partial charge in [-0.2, -0.15) is 0 Å². The van der Waals surface area contributed by atoms with Crippen molar-refractivity contribution >= 4 is 57.4 Å². The van der Waals surface area contributed by atoms with Gasteiger partial charge in [0.15, 0.2) is 4.77 Å². The van der Waals surface area contributed by atoms with Crippen LogP contribution in [0, 0.1) is 12.2 Å². The average molecular weight is 364 g/mol. The fourth-order valence-electron chi connectivity index (χ4n) is 0.400. The van der Waals surface area contributed by atoms with Crippen LogP contribution in [0.4, 0.5) is 0 Å². The van der Waals surface area contributed by atoms with E-state index in [0.29, 0.717) is 4.77 Å². The highest BCUT2D eigenvalue weighted by atomic mass is 127. The minimum atomic E-state index is 0.548. The molecule has 0 aliphatic carbocycles. The third kappa shape index (κ3) is 2.46. The SMILES string of the molecule is S=c1nc(I)cc(I)[nH]1. The summed E-state index contributed by atoms with van der Waals surface area (Å²) < 4.78 is 2.50. The number of aromatic nitrogens is 2. The van der Waals surface area contributed by atoms with Crippen molar-refractivity contribution in [3.05, 3.63) is 18.2 Å². The maximum Gasteiger partial charge on any atom is 0.198 e. The summed E-state index contributed by atoms with van der Waals surface area (Å²) in [6, 6.07) is 1.93. The molecule has 1 heterocycles. The van der Waals surface area contributed by atoms with Gasteiger partial charge in [-0.05, 0) is 63.5 Å². The molecule has 0 aliphatic heterocycles. The Kier molecular flexibility index (Phi) is 2.83. The molecule has 0 saturated carbocycles. The lowest BCUT2D eigenvalue weighted by atomic mass is 10.7. The van der Waals surface area contributed by atoms with Crippen molar-refractivity contribution < 1.29 is 0 Å². The molecular formula is C4H2I2N2S. The lowest BCUT2D eigenvalue weighted by molar-refractivity contribution is 1.08. The Morgan fingerprint density at radius 1 is 1.56 bits per heavy atom. The van der Waals surface area contributed by atoms with Crippen molar-refractivity contribution in [1.29, 1.82) is 0 Å². The lowest BCUT2D eigenvalue weighted by Crippen LogP contribution is -1.87. The van der Waals surface area contributed by atoms with Crippen LogP contribution >= 0.6 is 57.4 Å². The number of aromatic amines is 1. The molecular weight excluding hydrogens is 362 g/mol. The first-order valence-corrected chi connectivity index (χ1v) is 4.67. The largest absolute Gasteiger partial charge is 0.326 e. The number of hydrogen-bond acceptors (Lipinski definition) is 2. The molecule has 0 radical (unpaired) electrons. The first-order valence-electron chi connectivity index (χ1n) is 2.11. The standard InChI is InChI=1S/C4H2I2N2S/c5-2-1-3(6)8-4(9)7-2/h1H,(H,7,8,9). The molecule has 1 aromatic heterocycles. The Morgan fingerprint density at radius 3 is 2.67 bits per heavy atom. The summed E-state index contributed by atoms with van der Waals surface area (Å²) in [7, 11) is 0. The molecule has 0 saturated heterocycles. The number of nitrogens with one attached hydrogen (secondary N) is 1. The van der Waals surface area contributed by atoms with Gasteiger partial charge in [0, 0.05) is 0 Å². The quantitative estimate of drug-likeness (QED) is 0.435. The van der Waals surface area contributed by atoms with E-state index in [1.54, 1.807) is 0 Å². The summed E-state index contributed by atoms with van der Waals surface area (Å²) in [4.78, 5) is 6.87. The predicted molar refractivity (Wildman–Crippen MR) is 54.9 cm³/mol. The minimum Gasteiger partial charge on any atom is -0.326 e. The molecule has 5 heteroatoms. The molecule has 0 aliphatic rings. The molecule has 48 valence electrons. The molecule has 1 rings (SSSR count). The van der Waals surface area contributed by atoms with Crippen LogP contribution in [-0.4, -0.2) is 9.97 Å². The van der Waals surface area contributed by atoms with Gasteiger partial charge in [0.25, 0.3) is 0 Å². The van der Waals surface area contributed by atoms with E-state index in [0.717, 1.165) is 7.40 Å². The van der Waals surface area contributed by atoms with Gasteiger partial charge in [0.2, 0.25) is 0 Å². The zero-order chi connectivity index (χ0) is 6.85. The highest BCUT2D eigenvalue weighted by molar-refractivity contribution is 14.1. The summed E-state index contributed by atoms with van der Waals surface area (Å²) in [5, 5.41) is 0. The van der Waals surface area contributed by atoms with E-state index in [4.69, 9.17) is 12.2 Å². The lowest BCUT2D eigenvalue weighted by Gasteiger charge is -1.89. The van der Waals surface area contributed by atoms with Crippen LogP contribution in [0.15, 0.2) is 6.07 Å². The van der Waals surface area contributed by atoms with Crippen LogP contribution < -0.4 is 0 Å². The Labute approximate surface area is 84.8 Å². The van der Waals surface area contributed by atoms with Gasteiger partial charge in [-0.25, -0.2) is 4.98 Å². The van der Waals surface area contributed by atoms with Crippen molar-refractivity contribution in [2.45, 2.75) is 0 Å². The molecule has 1 aromatic rings. The van der Waals surface area contributed by atoms with Gasteiger partial charge in [0.05, 0.1) is 3.70 Å². The van der Waals surface area contributed by atoms with Gasteiger partial charge >= 0.3 is 0 Å². The Morgan fingerprint density at radius 2 is 2.22 bits per heavy atom. The number of hydrogen-bond donors (Lipinski definition) is 1. The van der Waals surface area contributed by atoms with Gasteiger partial charge < -0.3 is 4.98 Å². The molecule has 0 fully saturated rings. The van der Waals surface area contributed by atoms with Gasteiger partial charge in [-0.1, -0.05) is 0 Å². The van der Waals surface area contributed by atoms with E-state index in [1.807, 2.05) is 6.07 Å². The smallest absolute Gasteiger partial charge is 0.198 e.